The summed E-state index contributed by atoms with van der Waals surface area (Å²) < 4.78 is 5.90. The molecule has 3 rings (SSSR count). The van der Waals surface area contributed by atoms with E-state index >= 15 is 0 Å². The predicted octanol–water partition coefficient (Wildman–Crippen LogP) is 5.53. The summed E-state index contributed by atoms with van der Waals surface area (Å²) >= 11 is 1.08. The van der Waals surface area contributed by atoms with Gasteiger partial charge >= 0.3 is 0 Å². The number of rotatable bonds is 7. The van der Waals surface area contributed by atoms with E-state index in [9.17, 15) is 9.59 Å². The number of thioether (sulfide) groups is 1. The molecule has 0 heterocycles. The monoisotopic (exact) mass is 420 g/mol. The first kappa shape index (κ1) is 21.5. The largest absolute Gasteiger partial charge is 0.492 e. The summed E-state index contributed by atoms with van der Waals surface area (Å²) in [5.74, 6) is 0.571. The summed E-state index contributed by atoms with van der Waals surface area (Å²) in [6, 6.07) is 25.0. The SMILES string of the molecule is CN(C)C(=O)Sc1ccccc1NC(=O)CCOc1ccccc1-c1ccccc1. The number of benzene rings is 3. The number of nitrogens with zero attached hydrogens (tertiary/aromatic N) is 1. The Bertz CT molecular complexity index is 1010. The van der Waals surface area contributed by atoms with Crippen LogP contribution >= 0.6 is 11.8 Å². The third-order valence-corrected chi connectivity index (χ3v) is 5.40. The van der Waals surface area contributed by atoms with Gasteiger partial charge in [0.25, 0.3) is 5.24 Å². The first-order valence-corrected chi connectivity index (χ1v) is 10.4. The molecule has 1 N–H and O–H groups in total. The van der Waals surface area contributed by atoms with Gasteiger partial charge in [0.1, 0.15) is 5.75 Å². The van der Waals surface area contributed by atoms with Crippen LogP contribution in [0.2, 0.25) is 0 Å². The number of para-hydroxylation sites is 2. The minimum Gasteiger partial charge on any atom is -0.492 e. The van der Waals surface area contributed by atoms with Gasteiger partial charge in [-0.1, -0.05) is 60.7 Å². The highest BCUT2D eigenvalue weighted by atomic mass is 32.2. The summed E-state index contributed by atoms with van der Waals surface area (Å²) in [6.07, 6.45) is 0.198. The first-order chi connectivity index (χ1) is 14.5. The lowest BCUT2D eigenvalue weighted by atomic mass is 10.1. The number of hydrogen-bond donors (Lipinski definition) is 1. The van der Waals surface area contributed by atoms with Gasteiger partial charge in [-0.15, -0.1) is 0 Å². The Morgan fingerprint density at radius 1 is 0.900 bits per heavy atom. The van der Waals surface area contributed by atoms with Gasteiger partial charge in [-0.3, -0.25) is 9.59 Å². The highest BCUT2D eigenvalue weighted by Crippen LogP contribution is 2.30. The predicted molar refractivity (Wildman–Crippen MR) is 122 cm³/mol. The number of amides is 2. The Morgan fingerprint density at radius 3 is 2.33 bits per heavy atom. The minimum absolute atomic E-state index is 0.0995. The maximum atomic E-state index is 12.4. The van der Waals surface area contributed by atoms with Crippen molar-refractivity contribution in [1.29, 1.82) is 0 Å². The molecule has 0 aliphatic rings. The molecule has 30 heavy (non-hydrogen) atoms. The van der Waals surface area contributed by atoms with E-state index in [1.165, 1.54) is 4.90 Å². The number of anilines is 1. The quantitative estimate of drug-likeness (QED) is 0.510. The molecule has 0 bridgehead atoms. The van der Waals surface area contributed by atoms with Crippen LogP contribution in [-0.2, 0) is 4.79 Å². The lowest BCUT2D eigenvalue weighted by Crippen LogP contribution is -2.18. The molecule has 0 aliphatic heterocycles. The zero-order chi connectivity index (χ0) is 21.3. The normalized spacial score (nSPS) is 10.3. The van der Waals surface area contributed by atoms with Crippen LogP contribution in [0.1, 0.15) is 6.42 Å². The molecule has 0 spiro atoms. The lowest BCUT2D eigenvalue weighted by Gasteiger charge is -2.14. The molecule has 2 amide bonds. The molecule has 0 aliphatic carbocycles. The highest BCUT2D eigenvalue weighted by molar-refractivity contribution is 8.13. The molecule has 6 heteroatoms. The number of hydrogen-bond acceptors (Lipinski definition) is 4. The summed E-state index contributed by atoms with van der Waals surface area (Å²) in [6.45, 7) is 0.252. The third kappa shape index (κ3) is 5.87. The number of carbonyl (C=O) groups is 2. The van der Waals surface area contributed by atoms with E-state index in [1.807, 2.05) is 72.8 Å². The van der Waals surface area contributed by atoms with E-state index in [1.54, 1.807) is 20.2 Å². The smallest absolute Gasteiger partial charge is 0.286 e. The fraction of sp³-hybridized carbons (Fsp3) is 0.167. The van der Waals surface area contributed by atoms with Crippen molar-refractivity contribution in [3.05, 3.63) is 78.9 Å². The highest BCUT2D eigenvalue weighted by Gasteiger charge is 2.13. The van der Waals surface area contributed by atoms with Crippen LogP contribution in [0.15, 0.2) is 83.8 Å². The van der Waals surface area contributed by atoms with Crippen molar-refractivity contribution in [1.82, 2.24) is 4.90 Å². The molecular formula is C24H24N2O3S. The van der Waals surface area contributed by atoms with Gasteiger partial charge < -0.3 is 15.0 Å². The Morgan fingerprint density at radius 2 is 1.57 bits per heavy atom. The van der Waals surface area contributed by atoms with Gasteiger partial charge in [0.15, 0.2) is 0 Å². The molecule has 0 fully saturated rings. The van der Waals surface area contributed by atoms with E-state index in [-0.39, 0.29) is 24.2 Å². The lowest BCUT2D eigenvalue weighted by molar-refractivity contribution is -0.116. The molecule has 5 nitrogen and oxygen atoms in total. The summed E-state index contributed by atoms with van der Waals surface area (Å²) in [4.78, 5) is 26.6. The van der Waals surface area contributed by atoms with Gasteiger partial charge in [0, 0.05) is 24.6 Å². The standard InChI is InChI=1S/C24H24N2O3S/c1-26(2)24(28)30-22-15-9-7-13-20(22)25-23(27)16-17-29-21-14-8-6-12-19(21)18-10-4-3-5-11-18/h3-15H,16-17H2,1-2H3,(H,25,27). The third-order valence-electron chi connectivity index (χ3n) is 4.28. The maximum Gasteiger partial charge on any atom is 0.286 e. The number of carbonyl (C=O) groups excluding carboxylic acids is 2. The zero-order valence-electron chi connectivity index (χ0n) is 17.0. The van der Waals surface area contributed by atoms with E-state index in [4.69, 9.17) is 4.74 Å². The van der Waals surface area contributed by atoms with Crippen LogP contribution in [0.3, 0.4) is 0 Å². The average molecular weight is 421 g/mol. The van der Waals surface area contributed by atoms with Crippen LogP contribution in [-0.4, -0.2) is 36.7 Å². The van der Waals surface area contributed by atoms with Crippen molar-refractivity contribution in [2.45, 2.75) is 11.3 Å². The zero-order valence-corrected chi connectivity index (χ0v) is 17.8. The second kappa shape index (κ2) is 10.5. The van der Waals surface area contributed by atoms with E-state index in [2.05, 4.69) is 5.32 Å². The summed E-state index contributed by atoms with van der Waals surface area (Å²) in [5.41, 5.74) is 2.67. The molecule has 3 aromatic rings. The van der Waals surface area contributed by atoms with E-state index < -0.39 is 0 Å². The van der Waals surface area contributed by atoms with Crippen LogP contribution in [0.4, 0.5) is 10.5 Å². The van der Waals surface area contributed by atoms with E-state index in [0.717, 1.165) is 28.6 Å². The Balaban J connectivity index is 1.59. The topological polar surface area (TPSA) is 58.6 Å². The average Bonchev–Trinajstić information content (AvgIpc) is 2.76. The van der Waals surface area contributed by atoms with Crippen LogP contribution in [0, 0.1) is 0 Å². The maximum absolute atomic E-state index is 12.4. The second-order valence-corrected chi connectivity index (χ2v) is 7.76. The Kier molecular flexibility index (Phi) is 7.51. The summed E-state index contributed by atoms with van der Waals surface area (Å²) in [5, 5.41) is 2.78. The van der Waals surface area contributed by atoms with Crippen LogP contribution in [0.25, 0.3) is 11.1 Å². The molecule has 0 saturated carbocycles. The fourth-order valence-corrected chi connectivity index (χ4v) is 3.51. The molecule has 0 unspecified atom stereocenters. The molecule has 0 aromatic heterocycles. The van der Waals surface area contributed by atoms with Crippen molar-refractivity contribution in [2.75, 3.05) is 26.0 Å². The van der Waals surface area contributed by atoms with Crippen molar-refractivity contribution in [3.63, 3.8) is 0 Å². The Hall–Kier alpha value is -3.25. The van der Waals surface area contributed by atoms with Gasteiger partial charge in [-0.25, -0.2) is 0 Å². The molecule has 0 saturated heterocycles. The first-order valence-electron chi connectivity index (χ1n) is 9.60. The Labute approximate surface area is 181 Å². The van der Waals surface area contributed by atoms with Crippen molar-refractivity contribution >= 4 is 28.6 Å². The second-order valence-electron chi connectivity index (χ2n) is 6.77. The molecular weight excluding hydrogens is 396 g/mol. The minimum atomic E-state index is -0.169. The van der Waals surface area contributed by atoms with Crippen molar-refractivity contribution < 1.29 is 14.3 Å². The summed E-state index contributed by atoms with van der Waals surface area (Å²) in [7, 11) is 3.39. The van der Waals surface area contributed by atoms with Gasteiger partial charge in [-0.05, 0) is 35.5 Å². The van der Waals surface area contributed by atoms with E-state index in [0.29, 0.717) is 10.6 Å². The molecule has 154 valence electrons. The number of nitrogens with one attached hydrogen (secondary N) is 1. The fourth-order valence-electron chi connectivity index (χ4n) is 2.76. The molecule has 3 aromatic carbocycles. The molecule has 0 atom stereocenters. The molecule has 0 radical (unpaired) electrons. The van der Waals surface area contributed by atoms with Crippen LogP contribution in [0.5, 0.6) is 5.75 Å². The van der Waals surface area contributed by atoms with Gasteiger partial charge in [0.2, 0.25) is 5.91 Å². The van der Waals surface area contributed by atoms with Gasteiger partial charge in [-0.2, -0.15) is 0 Å². The van der Waals surface area contributed by atoms with Gasteiger partial charge in [0.05, 0.1) is 18.7 Å². The van der Waals surface area contributed by atoms with Crippen molar-refractivity contribution in [3.8, 4) is 16.9 Å². The van der Waals surface area contributed by atoms with Crippen LogP contribution < -0.4 is 10.1 Å². The number of ether oxygens (including phenoxy) is 1. The van der Waals surface area contributed by atoms with Crippen molar-refractivity contribution in [2.24, 2.45) is 0 Å².